The number of rotatable bonds is 3. The van der Waals surface area contributed by atoms with Crippen LogP contribution in [0.25, 0.3) is 0 Å². The van der Waals surface area contributed by atoms with E-state index in [1.807, 2.05) is 35.7 Å². The van der Waals surface area contributed by atoms with Crippen molar-refractivity contribution in [1.29, 1.82) is 0 Å². The first kappa shape index (κ1) is 18.1. The molecule has 7 heteroatoms. The molecule has 1 fully saturated rings. The van der Waals surface area contributed by atoms with Gasteiger partial charge < -0.3 is 9.80 Å². The van der Waals surface area contributed by atoms with Crippen molar-refractivity contribution in [2.45, 2.75) is 18.6 Å². The van der Waals surface area contributed by atoms with Gasteiger partial charge in [0, 0.05) is 24.4 Å². The number of benzene rings is 1. The molecule has 1 aromatic rings. The Bertz CT molecular complexity index is 531. The Hall–Kier alpha value is -1.21. The van der Waals surface area contributed by atoms with Gasteiger partial charge in [0.15, 0.2) is 0 Å². The highest BCUT2D eigenvalue weighted by Gasteiger charge is 2.31. The number of carbonyl (C=O) groups is 1. The van der Waals surface area contributed by atoms with E-state index in [2.05, 4.69) is 0 Å². The molecule has 1 aliphatic rings. The first-order valence-electron chi connectivity index (χ1n) is 7.49. The fraction of sp³-hybridized carbons (Fsp3) is 0.562. The fourth-order valence-electron chi connectivity index (χ4n) is 2.64. The maximum atomic E-state index is 12.7. The van der Waals surface area contributed by atoms with E-state index in [4.69, 9.17) is 0 Å². The molecule has 23 heavy (non-hydrogen) atoms. The number of hydrogen-bond donors (Lipinski definition) is 0. The molecule has 3 nitrogen and oxygen atoms in total. The van der Waals surface area contributed by atoms with Gasteiger partial charge in [-0.15, -0.1) is 0 Å². The molecule has 0 radical (unpaired) electrons. The summed E-state index contributed by atoms with van der Waals surface area (Å²) in [4.78, 5) is 16.6. The summed E-state index contributed by atoms with van der Waals surface area (Å²) in [5.41, 5.74) is -0.418. The van der Waals surface area contributed by atoms with Gasteiger partial charge in [-0.3, -0.25) is 4.79 Å². The van der Waals surface area contributed by atoms with Crippen LogP contribution in [-0.4, -0.2) is 60.4 Å². The number of nitrogens with zero attached hydrogens (tertiary/aromatic N) is 2. The van der Waals surface area contributed by atoms with Crippen LogP contribution in [0.15, 0.2) is 24.3 Å². The first-order valence-corrected chi connectivity index (χ1v) is 8.65. The van der Waals surface area contributed by atoms with E-state index in [0.29, 0.717) is 12.1 Å². The van der Waals surface area contributed by atoms with Crippen molar-refractivity contribution in [1.82, 2.24) is 9.80 Å². The Morgan fingerprint density at radius 1 is 1.30 bits per heavy atom. The van der Waals surface area contributed by atoms with Gasteiger partial charge in [0.05, 0.1) is 11.6 Å². The molecule has 0 spiro atoms. The SMILES string of the molecule is CN(C)CC1CSCCCN1C(=O)c1ccc(C(F)(F)F)cc1. The molecule has 1 heterocycles. The van der Waals surface area contributed by atoms with Gasteiger partial charge in [0.25, 0.3) is 5.91 Å². The molecule has 0 aliphatic carbocycles. The number of halogens is 3. The van der Waals surface area contributed by atoms with Crippen LogP contribution in [-0.2, 0) is 6.18 Å². The van der Waals surface area contributed by atoms with Crippen LogP contribution < -0.4 is 0 Å². The third kappa shape index (κ3) is 4.88. The third-order valence-corrected chi connectivity index (χ3v) is 4.93. The van der Waals surface area contributed by atoms with E-state index in [9.17, 15) is 18.0 Å². The van der Waals surface area contributed by atoms with Gasteiger partial charge >= 0.3 is 6.18 Å². The zero-order chi connectivity index (χ0) is 17.0. The smallest absolute Gasteiger partial charge is 0.334 e. The molecule has 0 bridgehead atoms. The molecular formula is C16H21F3N2OS. The Balaban J connectivity index is 2.18. The Morgan fingerprint density at radius 2 is 1.96 bits per heavy atom. The average Bonchev–Trinajstić information content (AvgIpc) is 2.70. The quantitative estimate of drug-likeness (QED) is 0.840. The van der Waals surface area contributed by atoms with Crippen LogP contribution in [0.3, 0.4) is 0 Å². The summed E-state index contributed by atoms with van der Waals surface area (Å²) in [5, 5.41) is 0. The predicted octanol–water partition coefficient (Wildman–Crippen LogP) is 3.21. The summed E-state index contributed by atoms with van der Waals surface area (Å²) in [6.07, 6.45) is -3.48. The van der Waals surface area contributed by atoms with Crippen molar-refractivity contribution in [3.8, 4) is 0 Å². The topological polar surface area (TPSA) is 23.6 Å². The summed E-state index contributed by atoms with van der Waals surface area (Å²) in [5.74, 6) is 1.67. The van der Waals surface area contributed by atoms with Crippen LogP contribution in [0.1, 0.15) is 22.3 Å². The fourth-order valence-corrected chi connectivity index (χ4v) is 3.69. The molecule has 2 rings (SSSR count). The van der Waals surface area contributed by atoms with Crippen molar-refractivity contribution in [2.75, 3.05) is 38.7 Å². The van der Waals surface area contributed by atoms with Gasteiger partial charge in [-0.1, -0.05) is 0 Å². The van der Waals surface area contributed by atoms with Crippen LogP contribution >= 0.6 is 11.8 Å². The monoisotopic (exact) mass is 346 g/mol. The molecule has 1 saturated heterocycles. The highest BCUT2D eigenvalue weighted by atomic mass is 32.2. The van der Waals surface area contributed by atoms with Crippen molar-refractivity contribution in [2.24, 2.45) is 0 Å². The Kier molecular flexibility index (Phi) is 5.97. The number of amides is 1. The van der Waals surface area contributed by atoms with Crippen molar-refractivity contribution in [3.05, 3.63) is 35.4 Å². The molecular weight excluding hydrogens is 325 g/mol. The molecule has 0 aromatic heterocycles. The van der Waals surface area contributed by atoms with E-state index in [-0.39, 0.29) is 11.9 Å². The van der Waals surface area contributed by atoms with Crippen LogP contribution in [0, 0.1) is 0 Å². The van der Waals surface area contributed by atoms with Gasteiger partial charge in [-0.25, -0.2) is 0 Å². The van der Waals surface area contributed by atoms with Crippen molar-refractivity contribution >= 4 is 17.7 Å². The minimum atomic E-state index is -4.38. The van der Waals surface area contributed by atoms with Gasteiger partial charge in [0.2, 0.25) is 0 Å². The lowest BCUT2D eigenvalue weighted by Crippen LogP contribution is -2.46. The Morgan fingerprint density at radius 3 is 2.52 bits per heavy atom. The highest BCUT2D eigenvalue weighted by Crippen LogP contribution is 2.29. The molecule has 1 aromatic carbocycles. The molecule has 128 valence electrons. The maximum Gasteiger partial charge on any atom is 0.416 e. The van der Waals surface area contributed by atoms with E-state index >= 15 is 0 Å². The third-order valence-electron chi connectivity index (χ3n) is 3.73. The molecule has 1 atom stereocenters. The lowest BCUT2D eigenvalue weighted by Gasteiger charge is -2.31. The van der Waals surface area contributed by atoms with E-state index in [1.165, 1.54) is 12.1 Å². The highest BCUT2D eigenvalue weighted by molar-refractivity contribution is 7.99. The molecule has 1 aliphatic heterocycles. The zero-order valence-electron chi connectivity index (χ0n) is 13.3. The Labute approximate surface area is 138 Å². The zero-order valence-corrected chi connectivity index (χ0v) is 14.1. The predicted molar refractivity (Wildman–Crippen MR) is 86.8 cm³/mol. The number of thioether (sulfide) groups is 1. The standard InChI is InChI=1S/C16H21F3N2OS/c1-20(2)10-14-11-23-9-3-8-21(14)15(22)12-4-6-13(7-5-12)16(17,18)19/h4-7,14H,3,8-11H2,1-2H3. The lowest BCUT2D eigenvalue weighted by molar-refractivity contribution is -0.137. The summed E-state index contributed by atoms with van der Waals surface area (Å²) < 4.78 is 37.9. The molecule has 1 unspecified atom stereocenters. The number of alkyl halides is 3. The van der Waals surface area contributed by atoms with Crippen LogP contribution in [0.2, 0.25) is 0 Å². The van der Waals surface area contributed by atoms with E-state index in [0.717, 1.165) is 36.6 Å². The maximum absolute atomic E-state index is 12.7. The lowest BCUT2D eigenvalue weighted by atomic mass is 10.1. The average molecular weight is 346 g/mol. The summed E-state index contributed by atoms with van der Waals surface area (Å²) >= 11 is 1.82. The van der Waals surface area contributed by atoms with E-state index in [1.54, 1.807) is 0 Å². The normalized spacial score (nSPS) is 19.7. The largest absolute Gasteiger partial charge is 0.416 e. The van der Waals surface area contributed by atoms with Crippen LogP contribution in [0.5, 0.6) is 0 Å². The number of carbonyl (C=O) groups excluding carboxylic acids is 1. The second-order valence-corrected chi connectivity index (χ2v) is 7.07. The summed E-state index contributed by atoms with van der Waals surface area (Å²) in [7, 11) is 3.91. The second kappa shape index (κ2) is 7.57. The van der Waals surface area contributed by atoms with Crippen molar-refractivity contribution < 1.29 is 18.0 Å². The minimum absolute atomic E-state index is 0.0762. The number of hydrogen-bond acceptors (Lipinski definition) is 3. The van der Waals surface area contributed by atoms with Crippen LogP contribution in [0.4, 0.5) is 13.2 Å². The van der Waals surface area contributed by atoms with Gasteiger partial charge in [-0.05, 0) is 50.5 Å². The second-order valence-electron chi connectivity index (χ2n) is 5.92. The molecule has 0 N–H and O–H groups in total. The first-order chi connectivity index (χ1) is 10.8. The number of likely N-dealkylation sites (N-methyl/N-ethyl adjacent to an activating group) is 1. The van der Waals surface area contributed by atoms with E-state index < -0.39 is 11.7 Å². The van der Waals surface area contributed by atoms with Gasteiger partial charge in [0.1, 0.15) is 0 Å². The minimum Gasteiger partial charge on any atom is -0.334 e. The molecule has 0 saturated carbocycles. The van der Waals surface area contributed by atoms with Gasteiger partial charge in [-0.2, -0.15) is 24.9 Å². The van der Waals surface area contributed by atoms with Crippen molar-refractivity contribution in [3.63, 3.8) is 0 Å². The summed E-state index contributed by atoms with van der Waals surface area (Å²) in [6.45, 7) is 1.39. The molecule has 1 amide bonds. The summed E-state index contributed by atoms with van der Waals surface area (Å²) in [6, 6.07) is 4.57.